The molecule has 1 N–H and O–H groups in total. The third kappa shape index (κ3) is 2.62. The molecule has 5 heteroatoms. The van der Waals surface area contributed by atoms with Crippen molar-refractivity contribution in [3.05, 3.63) is 10.1 Å². The van der Waals surface area contributed by atoms with Gasteiger partial charge in [0.1, 0.15) is 6.10 Å². The van der Waals surface area contributed by atoms with Gasteiger partial charge in [-0.25, -0.2) is 0 Å². The number of rotatable bonds is 3. The van der Waals surface area contributed by atoms with Gasteiger partial charge >= 0.3 is 0 Å². The lowest BCUT2D eigenvalue weighted by molar-refractivity contribution is -0.527. The largest absolute Gasteiger partial charge is 0.386 e. The summed E-state index contributed by atoms with van der Waals surface area (Å²) in [6.45, 7) is 1.34. The first-order chi connectivity index (χ1) is 4.09. The Morgan fingerprint density at radius 2 is 2.33 bits per heavy atom. The highest BCUT2D eigenvalue weighted by Crippen LogP contribution is 1.99. The Kier molecular flexibility index (Phi) is 3.49. The van der Waals surface area contributed by atoms with Crippen LogP contribution in [-0.2, 0) is 0 Å². The van der Waals surface area contributed by atoms with Gasteiger partial charge in [0.05, 0.1) is 5.88 Å². The van der Waals surface area contributed by atoms with E-state index in [0.29, 0.717) is 0 Å². The average Bonchev–Trinajstić information content (AvgIpc) is 1.64. The van der Waals surface area contributed by atoms with E-state index in [9.17, 15) is 10.1 Å². The van der Waals surface area contributed by atoms with Crippen LogP contribution in [0.3, 0.4) is 0 Å². The van der Waals surface area contributed by atoms with Gasteiger partial charge in [0, 0.05) is 4.92 Å². The molecule has 0 saturated heterocycles. The first-order valence-electron chi connectivity index (χ1n) is 2.47. The van der Waals surface area contributed by atoms with E-state index in [-0.39, 0.29) is 5.88 Å². The zero-order chi connectivity index (χ0) is 7.44. The molecule has 0 amide bonds. The summed E-state index contributed by atoms with van der Waals surface area (Å²) in [5.74, 6) is -0.148. The highest BCUT2D eigenvalue weighted by molar-refractivity contribution is 6.18. The molecule has 0 aliphatic carbocycles. The van der Waals surface area contributed by atoms with Crippen molar-refractivity contribution in [3.8, 4) is 0 Å². The number of halogens is 1. The second-order valence-corrected chi connectivity index (χ2v) is 2.06. The van der Waals surface area contributed by atoms with Crippen molar-refractivity contribution in [3.63, 3.8) is 0 Å². The van der Waals surface area contributed by atoms with Crippen molar-refractivity contribution in [1.82, 2.24) is 0 Å². The first kappa shape index (κ1) is 8.65. The maximum Gasteiger partial charge on any atom is 0.251 e. The lowest BCUT2D eigenvalue weighted by Crippen LogP contribution is -2.32. The predicted molar refractivity (Wildman–Crippen MR) is 33.2 cm³/mol. The molecule has 0 aromatic rings. The Hall–Kier alpha value is -0.350. The standard InChI is InChI=1S/C4H8ClNO3/c1-3(7)4(2-5)6(8)9/h3-4,7H,2H2,1H3. The Morgan fingerprint density at radius 3 is 2.33 bits per heavy atom. The number of alkyl halides is 1. The summed E-state index contributed by atoms with van der Waals surface area (Å²) in [5, 5.41) is 18.6. The minimum absolute atomic E-state index is 0.148. The van der Waals surface area contributed by atoms with E-state index in [1.54, 1.807) is 0 Å². The van der Waals surface area contributed by atoms with Crippen molar-refractivity contribution in [1.29, 1.82) is 0 Å². The fourth-order valence-corrected chi connectivity index (χ4v) is 0.732. The quantitative estimate of drug-likeness (QED) is 0.359. The average molecular weight is 154 g/mol. The van der Waals surface area contributed by atoms with Crippen LogP contribution >= 0.6 is 11.6 Å². The summed E-state index contributed by atoms with van der Waals surface area (Å²) in [7, 11) is 0. The van der Waals surface area contributed by atoms with Crippen LogP contribution in [0.15, 0.2) is 0 Å². The van der Waals surface area contributed by atoms with Gasteiger partial charge < -0.3 is 5.11 Å². The van der Waals surface area contributed by atoms with E-state index >= 15 is 0 Å². The third-order valence-electron chi connectivity index (χ3n) is 0.986. The summed E-state index contributed by atoms with van der Waals surface area (Å²) in [6, 6.07) is -1.04. The number of aliphatic hydroxyl groups is 1. The zero-order valence-corrected chi connectivity index (χ0v) is 5.71. The molecule has 0 aliphatic rings. The van der Waals surface area contributed by atoms with E-state index in [4.69, 9.17) is 16.7 Å². The number of hydrogen-bond acceptors (Lipinski definition) is 3. The van der Waals surface area contributed by atoms with Crippen LogP contribution in [0.4, 0.5) is 0 Å². The van der Waals surface area contributed by atoms with Gasteiger partial charge in [-0.3, -0.25) is 10.1 Å². The zero-order valence-electron chi connectivity index (χ0n) is 4.95. The molecule has 4 nitrogen and oxygen atoms in total. The normalized spacial score (nSPS) is 16.8. The number of nitrogens with zero attached hydrogens (tertiary/aromatic N) is 1. The lowest BCUT2D eigenvalue weighted by Gasteiger charge is -2.06. The molecule has 0 heterocycles. The third-order valence-corrected chi connectivity index (χ3v) is 1.30. The second kappa shape index (κ2) is 3.63. The highest BCUT2D eigenvalue weighted by Gasteiger charge is 2.24. The van der Waals surface area contributed by atoms with Crippen LogP contribution in [0.2, 0.25) is 0 Å². The molecule has 0 saturated carbocycles. The molecule has 0 aromatic carbocycles. The number of nitro groups is 1. The predicted octanol–water partition coefficient (Wildman–Crippen LogP) is 0.251. The van der Waals surface area contributed by atoms with Crippen LogP contribution in [0.5, 0.6) is 0 Å². The van der Waals surface area contributed by atoms with Crippen molar-refractivity contribution >= 4 is 11.6 Å². The molecule has 2 unspecified atom stereocenters. The molecule has 0 fully saturated rings. The Morgan fingerprint density at radius 1 is 1.89 bits per heavy atom. The number of aliphatic hydroxyl groups excluding tert-OH is 1. The van der Waals surface area contributed by atoms with E-state index < -0.39 is 17.1 Å². The first-order valence-corrected chi connectivity index (χ1v) is 3.00. The van der Waals surface area contributed by atoms with Gasteiger partial charge in [-0.05, 0) is 6.92 Å². The summed E-state index contributed by atoms with van der Waals surface area (Å²) in [4.78, 5) is 9.35. The molecule has 54 valence electrons. The van der Waals surface area contributed by atoms with E-state index in [0.717, 1.165) is 0 Å². The Labute approximate surface area is 57.6 Å². The summed E-state index contributed by atoms with van der Waals surface area (Å²) < 4.78 is 0. The van der Waals surface area contributed by atoms with Crippen LogP contribution < -0.4 is 0 Å². The minimum Gasteiger partial charge on any atom is -0.386 e. The van der Waals surface area contributed by atoms with E-state index in [1.165, 1.54) is 6.92 Å². The monoisotopic (exact) mass is 153 g/mol. The molecule has 0 aromatic heterocycles. The van der Waals surface area contributed by atoms with Crippen LogP contribution in [0.1, 0.15) is 6.92 Å². The molecular formula is C4H8ClNO3. The molecule has 0 spiro atoms. The SMILES string of the molecule is CC(O)C(CCl)[N+](=O)[O-]. The van der Waals surface area contributed by atoms with Crippen LogP contribution in [0, 0.1) is 10.1 Å². The molecule has 2 atom stereocenters. The molecule has 9 heavy (non-hydrogen) atoms. The maximum atomic E-state index is 9.93. The molecule has 0 aliphatic heterocycles. The summed E-state index contributed by atoms with van der Waals surface area (Å²) in [6.07, 6.45) is -0.975. The minimum atomic E-state index is -1.04. The van der Waals surface area contributed by atoms with Gasteiger partial charge in [-0.15, -0.1) is 11.6 Å². The Balaban J connectivity index is 3.83. The molecule has 0 rings (SSSR count). The smallest absolute Gasteiger partial charge is 0.251 e. The van der Waals surface area contributed by atoms with Gasteiger partial charge in [0.25, 0.3) is 6.04 Å². The highest BCUT2D eigenvalue weighted by atomic mass is 35.5. The summed E-state index contributed by atoms with van der Waals surface area (Å²) >= 11 is 5.16. The van der Waals surface area contributed by atoms with Crippen molar-refractivity contribution < 1.29 is 10.0 Å². The van der Waals surface area contributed by atoms with Gasteiger partial charge in [-0.2, -0.15) is 0 Å². The van der Waals surface area contributed by atoms with Gasteiger partial charge in [0.15, 0.2) is 0 Å². The maximum absolute atomic E-state index is 9.93. The van der Waals surface area contributed by atoms with Crippen molar-refractivity contribution in [2.24, 2.45) is 0 Å². The molecular weight excluding hydrogens is 146 g/mol. The lowest BCUT2D eigenvalue weighted by atomic mass is 10.2. The van der Waals surface area contributed by atoms with Crippen molar-refractivity contribution in [2.75, 3.05) is 5.88 Å². The number of hydrogen-bond donors (Lipinski definition) is 1. The molecule has 0 bridgehead atoms. The Bertz CT molecular complexity index is 106. The van der Waals surface area contributed by atoms with Gasteiger partial charge in [-0.1, -0.05) is 0 Å². The van der Waals surface area contributed by atoms with Crippen LogP contribution in [-0.4, -0.2) is 28.1 Å². The topological polar surface area (TPSA) is 63.4 Å². The van der Waals surface area contributed by atoms with Gasteiger partial charge in [0.2, 0.25) is 0 Å². The fraction of sp³-hybridized carbons (Fsp3) is 1.00. The van der Waals surface area contributed by atoms with Crippen LogP contribution in [0.25, 0.3) is 0 Å². The molecule has 0 radical (unpaired) electrons. The van der Waals surface area contributed by atoms with Crippen molar-refractivity contribution in [2.45, 2.75) is 19.1 Å². The fourth-order valence-electron chi connectivity index (χ4n) is 0.361. The van der Waals surface area contributed by atoms with E-state index in [1.807, 2.05) is 0 Å². The second-order valence-electron chi connectivity index (χ2n) is 1.75. The summed E-state index contributed by atoms with van der Waals surface area (Å²) in [5.41, 5.74) is 0. The van der Waals surface area contributed by atoms with E-state index in [2.05, 4.69) is 0 Å².